The largest absolute Gasteiger partial charge is 0.493 e. The quantitative estimate of drug-likeness (QED) is 0.277. The van der Waals surface area contributed by atoms with Crippen molar-refractivity contribution in [1.82, 2.24) is 0 Å². The Morgan fingerprint density at radius 1 is 0.857 bits per heavy atom. The molecule has 0 aliphatic heterocycles. The minimum Gasteiger partial charge on any atom is -0.493 e. The minimum atomic E-state index is -0.403. The number of ether oxygens (including phenoxy) is 2. The topological polar surface area (TPSA) is 60.3 Å². The second kappa shape index (κ2) is 9.28. The van der Waals surface area contributed by atoms with E-state index in [0.717, 1.165) is 22.4 Å². The number of carbonyl (C=O) groups excluding carboxylic acids is 1. The average Bonchev–Trinajstić information content (AvgIpc) is 2.73. The molecule has 0 heterocycles. The van der Waals surface area contributed by atoms with Crippen LogP contribution in [0.4, 0.5) is 0 Å². The second-order valence-electron chi connectivity index (χ2n) is 5.93. The maximum Gasteiger partial charge on any atom is 0.308 e. The monoisotopic (exact) mass is 372 g/mol. The van der Waals surface area contributed by atoms with Crippen molar-refractivity contribution >= 4 is 17.9 Å². The van der Waals surface area contributed by atoms with Crippen LogP contribution in [0.25, 0.3) is 0 Å². The molecule has 0 radical (unpaired) electrons. The molecule has 0 spiro atoms. The zero-order valence-corrected chi connectivity index (χ0v) is 15.7. The molecule has 0 atom stereocenters. The van der Waals surface area contributed by atoms with Gasteiger partial charge < -0.3 is 9.47 Å². The van der Waals surface area contributed by atoms with Crippen molar-refractivity contribution in [2.75, 3.05) is 7.11 Å². The summed E-state index contributed by atoms with van der Waals surface area (Å²) in [7, 11) is 1.52. The Kier molecular flexibility index (Phi) is 6.31. The van der Waals surface area contributed by atoms with Gasteiger partial charge in [-0.05, 0) is 23.8 Å². The number of nitrogens with zero attached hydrogens (tertiary/aromatic N) is 2. The molecule has 0 aliphatic carbocycles. The molecule has 0 aromatic heterocycles. The number of benzene rings is 3. The van der Waals surface area contributed by atoms with E-state index in [0.29, 0.717) is 11.5 Å². The van der Waals surface area contributed by atoms with Crippen LogP contribution in [0.5, 0.6) is 11.5 Å². The second-order valence-corrected chi connectivity index (χ2v) is 5.93. The summed E-state index contributed by atoms with van der Waals surface area (Å²) in [6, 6.07) is 25.0. The summed E-state index contributed by atoms with van der Waals surface area (Å²) in [4.78, 5) is 11.2. The van der Waals surface area contributed by atoms with Gasteiger partial charge in [0, 0.05) is 18.1 Å². The van der Waals surface area contributed by atoms with Gasteiger partial charge in [0.05, 0.1) is 13.3 Å². The van der Waals surface area contributed by atoms with Crippen LogP contribution < -0.4 is 9.47 Å². The molecule has 0 fully saturated rings. The van der Waals surface area contributed by atoms with Crippen LogP contribution in [0.1, 0.15) is 23.6 Å². The zero-order chi connectivity index (χ0) is 19.8. The van der Waals surface area contributed by atoms with E-state index in [4.69, 9.17) is 9.47 Å². The van der Waals surface area contributed by atoms with Crippen molar-refractivity contribution in [3.05, 3.63) is 95.6 Å². The maximum absolute atomic E-state index is 11.2. The summed E-state index contributed by atoms with van der Waals surface area (Å²) in [5.41, 5.74) is 3.51. The molecule has 0 saturated carbocycles. The predicted octanol–water partition coefficient (Wildman–Crippen LogP) is 4.49. The third kappa shape index (κ3) is 4.92. The molecule has 3 aromatic carbocycles. The summed E-state index contributed by atoms with van der Waals surface area (Å²) >= 11 is 0. The predicted molar refractivity (Wildman–Crippen MR) is 110 cm³/mol. The fourth-order valence-corrected chi connectivity index (χ4v) is 2.63. The Labute approximate surface area is 164 Å². The van der Waals surface area contributed by atoms with Crippen LogP contribution >= 0.6 is 0 Å². The van der Waals surface area contributed by atoms with E-state index in [1.54, 1.807) is 24.4 Å². The van der Waals surface area contributed by atoms with Crippen molar-refractivity contribution in [1.29, 1.82) is 0 Å². The number of hydrogen-bond donors (Lipinski definition) is 0. The van der Waals surface area contributed by atoms with Crippen LogP contribution in [0.2, 0.25) is 0 Å². The molecule has 0 aliphatic rings. The number of rotatable bonds is 6. The Hall–Kier alpha value is -3.73. The van der Waals surface area contributed by atoms with Gasteiger partial charge in [-0.15, -0.1) is 5.10 Å². The molecular weight excluding hydrogens is 352 g/mol. The van der Waals surface area contributed by atoms with E-state index in [-0.39, 0.29) is 0 Å². The fraction of sp³-hybridized carbons (Fsp3) is 0.0870. The van der Waals surface area contributed by atoms with Gasteiger partial charge in [0.2, 0.25) is 0 Å². The Balaban J connectivity index is 1.90. The smallest absolute Gasteiger partial charge is 0.308 e. The summed E-state index contributed by atoms with van der Waals surface area (Å²) in [5, 5.41) is 8.71. The van der Waals surface area contributed by atoms with Crippen molar-refractivity contribution < 1.29 is 14.3 Å². The first-order valence-corrected chi connectivity index (χ1v) is 8.75. The van der Waals surface area contributed by atoms with Gasteiger partial charge in [0.25, 0.3) is 0 Å². The van der Waals surface area contributed by atoms with Gasteiger partial charge in [-0.3, -0.25) is 4.79 Å². The Bertz CT molecular complexity index is 955. The molecule has 5 heteroatoms. The van der Waals surface area contributed by atoms with Gasteiger partial charge in [0.1, 0.15) is 5.71 Å². The maximum atomic E-state index is 11.2. The lowest BCUT2D eigenvalue weighted by Crippen LogP contribution is -2.03. The van der Waals surface area contributed by atoms with Crippen LogP contribution in [0, 0.1) is 0 Å². The number of esters is 1. The van der Waals surface area contributed by atoms with Gasteiger partial charge in [0.15, 0.2) is 11.5 Å². The first kappa shape index (κ1) is 19.0. The lowest BCUT2D eigenvalue weighted by Gasteiger charge is -2.08. The zero-order valence-electron chi connectivity index (χ0n) is 15.7. The van der Waals surface area contributed by atoms with Crippen LogP contribution in [-0.4, -0.2) is 25.0 Å². The SMILES string of the molecule is COc1cc(/C=N\N=C(c2ccccc2)c2ccccc2)ccc1OC(C)=O. The summed E-state index contributed by atoms with van der Waals surface area (Å²) in [6.45, 7) is 1.35. The molecule has 0 unspecified atom stereocenters. The van der Waals surface area contributed by atoms with Crippen molar-refractivity contribution in [3.8, 4) is 11.5 Å². The van der Waals surface area contributed by atoms with Crippen molar-refractivity contribution in [2.45, 2.75) is 6.92 Å². The minimum absolute atomic E-state index is 0.366. The summed E-state index contributed by atoms with van der Waals surface area (Å²) in [6.07, 6.45) is 1.63. The Morgan fingerprint density at radius 2 is 1.46 bits per heavy atom. The molecule has 28 heavy (non-hydrogen) atoms. The van der Waals surface area contributed by atoms with Gasteiger partial charge in [-0.1, -0.05) is 60.7 Å². The highest BCUT2D eigenvalue weighted by atomic mass is 16.6. The van der Waals surface area contributed by atoms with Crippen LogP contribution in [0.3, 0.4) is 0 Å². The molecule has 0 bridgehead atoms. The molecule has 5 nitrogen and oxygen atoms in total. The van der Waals surface area contributed by atoms with Gasteiger partial charge in [-0.2, -0.15) is 5.10 Å². The normalized spacial score (nSPS) is 10.5. The lowest BCUT2D eigenvalue weighted by atomic mass is 10.0. The van der Waals surface area contributed by atoms with E-state index in [2.05, 4.69) is 10.2 Å². The third-order valence-electron chi connectivity index (χ3n) is 3.90. The van der Waals surface area contributed by atoms with E-state index in [1.165, 1.54) is 14.0 Å². The lowest BCUT2D eigenvalue weighted by molar-refractivity contribution is -0.132. The highest BCUT2D eigenvalue weighted by molar-refractivity contribution is 6.12. The fourth-order valence-electron chi connectivity index (χ4n) is 2.63. The first-order valence-electron chi connectivity index (χ1n) is 8.75. The van der Waals surface area contributed by atoms with Gasteiger partial charge in [-0.25, -0.2) is 0 Å². The molecule has 3 rings (SSSR count). The summed E-state index contributed by atoms with van der Waals surface area (Å²) in [5.74, 6) is 0.416. The van der Waals surface area contributed by atoms with Gasteiger partial charge >= 0.3 is 5.97 Å². The number of hydrogen-bond acceptors (Lipinski definition) is 5. The molecule has 140 valence electrons. The number of carbonyl (C=O) groups is 1. The standard InChI is InChI=1S/C23H20N2O3/c1-17(26)28-21-14-13-18(15-22(21)27-2)16-24-25-23(19-9-5-3-6-10-19)20-11-7-4-8-12-20/h3-16H,1-2H3/b24-16-. The molecule has 0 saturated heterocycles. The van der Waals surface area contributed by atoms with E-state index < -0.39 is 5.97 Å². The summed E-state index contributed by atoms with van der Waals surface area (Å²) < 4.78 is 10.4. The third-order valence-corrected chi connectivity index (χ3v) is 3.90. The van der Waals surface area contributed by atoms with E-state index >= 15 is 0 Å². The molecule has 3 aromatic rings. The Morgan fingerprint density at radius 3 is 2.00 bits per heavy atom. The number of methoxy groups -OCH3 is 1. The highest BCUT2D eigenvalue weighted by Gasteiger charge is 2.08. The van der Waals surface area contributed by atoms with Crippen molar-refractivity contribution in [2.24, 2.45) is 10.2 Å². The van der Waals surface area contributed by atoms with Crippen LogP contribution in [0.15, 0.2) is 89.1 Å². The molecular formula is C23H20N2O3. The molecule has 0 N–H and O–H groups in total. The van der Waals surface area contributed by atoms with E-state index in [9.17, 15) is 4.79 Å². The van der Waals surface area contributed by atoms with Crippen molar-refractivity contribution in [3.63, 3.8) is 0 Å². The average molecular weight is 372 g/mol. The van der Waals surface area contributed by atoms with E-state index in [1.807, 2.05) is 60.7 Å². The molecule has 0 amide bonds. The highest BCUT2D eigenvalue weighted by Crippen LogP contribution is 2.27. The first-order chi connectivity index (χ1) is 13.7. The van der Waals surface area contributed by atoms with Crippen LogP contribution in [-0.2, 0) is 4.79 Å².